The predicted molar refractivity (Wildman–Crippen MR) is 112 cm³/mol. The monoisotopic (exact) mass is 521 g/mol. The third-order valence-corrected chi connectivity index (χ3v) is 6.48. The van der Waals surface area contributed by atoms with Gasteiger partial charge in [0.1, 0.15) is 9.22 Å². The zero-order valence-electron chi connectivity index (χ0n) is 11.2. The third-order valence-electron chi connectivity index (χ3n) is 2.36. The summed E-state index contributed by atoms with van der Waals surface area (Å²) in [5.74, 6) is 0. The molecule has 0 spiro atoms. The minimum Gasteiger partial charge on any atom is -0.236 e. The summed E-state index contributed by atoms with van der Waals surface area (Å²) in [4.78, 5) is 4.47. The maximum atomic E-state index is 11.2. The molecule has 24 heavy (non-hydrogen) atoms. The number of hydrogen-bond donors (Lipinski definition) is 0. The summed E-state index contributed by atoms with van der Waals surface area (Å²) in [6.07, 6.45) is 0. The van der Waals surface area contributed by atoms with Gasteiger partial charge >= 0.3 is 59.6 Å². The molecule has 1 aromatic carbocycles. The van der Waals surface area contributed by atoms with Crippen LogP contribution in [0, 0.1) is 0 Å². The van der Waals surface area contributed by atoms with Gasteiger partial charge in [0.25, 0.3) is 9.05 Å². The Morgan fingerprint density at radius 3 is 2.12 bits per heavy atom. The van der Waals surface area contributed by atoms with Crippen molar-refractivity contribution in [3.8, 4) is 10.6 Å². The summed E-state index contributed by atoms with van der Waals surface area (Å²) in [6.45, 7) is 0. The molecule has 0 saturated carbocycles. The van der Waals surface area contributed by atoms with Gasteiger partial charge in [0.05, 0.1) is 10.2 Å². The second-order valence-electron chi connectivity index (χ2n) is 4.22. The number of rotatable bonds is 2. The van der Waals surface area contributed by atoms with E-state index < -0.39 is 12.4 Å². The standard InChI is InChI=1S/C11H6ClNO2S3.Cl5P/c12-18(14,15)10-5-7(6-16-10)11-13-8-3-1-2-4-9(8)17-11;1-6(2,3,4)5/h1-6H;. The van der Waals surface area contributed by atoms with Crippen molar-refractivity contribution in [2.75, 3.05) is 0 Å². The zero-order chi connectivity index (χ0) is 18.2. The van der Waals surface area contributed by atoms with Gasteiger partial charge in [-0.3, -0.25) is 0 Å². The molecule has 132 valence electrons. The van der Waals surface area contributed by atoms with E-state index in [0.29, 0.717) is 0 Å². The Balaban J connectivity index is 0.000000301. The van der Waals surface area contributed by atoms with Crippen LogP contribution in [0.2, 0.25) is 0 Å². The van der Waals surface area contributed by atoms with Crippen LogP contribution in [0.1, 0.15) is 0 Å². The Morgan fingerprint density at radius 1 is 1.04 bits per heavy atom. The number of benzene rings is 1. The number of hydrogen-bond acceptors (Lipinski definition) is 5. The van der Waals surface area contributed by atoms with E-state index in [-0.39, 0.29) is 4.21 Å². The largest absolute Gasteiger partial charge is 0.270 e. The molecule has 3 aromatic rings. The molecule has 3 rings (SSSR count). The maximum absolute atomic E-state index is 11.2. The fourth-order valence-corrected chi connectivity index (χ4v) is 4.53. The molecule has 0 aliphatic rings. The molecule has 0 atom stereocenters. The second-order valence-corrected chi connectivity index (χ2v) is 25.6. The third kappa shape index (κ3) is 7.28. The van der Waals surface area contributed by atoms with Gasteiger partial charge in [-0.15, -0.1) is 22.7 Å². The molecule has 0 radical (unpaired) electrons. The van der Waals surface area contributed by atoms with Crippen LogP contribution in [-0.4, -0.2) is 13.4 Å². The number of nitrogens with zero attached hydrogens (tertiary/aromatic N) is 1. The number of halogens is 6. The molecule has 0 saturated heterocycles. The molecule has 2 heterocycles. The Hall–Kier alpha value is 0.930. The molecule has 2 aromatic heterocycles. The van der Waals surface area contributed by atoms with Crippen molar-refractivity contribution >= 4 is 112 Å². The van der Waals surface area contributed by atoms with Crippen LogP contribution in [0.4, 0.5) is 0 Å². The molecule has 3 nitrogen and oxygen atoms in total. The molecule has 0 unspecified atom stereocenters. The van der Waals surface area contributed by atoms with Crippen molar-refractivity contribution in [1.82, 2.24) is 4.98 Å². The predicted octanol–water partition coefficient (Wildman–Crippen LogP) is 8.26. The minimum absolute atomic E-state index is 0.151. The zero-order valence-corrected chi connectivity index (χ0v) is 19.0. The minimum atomic E-state index is -3.69. The van der Waals surface area contributed by atoms with Crippen molar-refractivity contribution in [3.05, 3.63) is 35.7 Å². The summed E-state index contributed by atoms with van der Waals surface area (Å²) in [6, 6.07) is 9.36. The average molecular weight is 524 g/mol. The summed E-state index contributed by atoms with van der Waals surface area (Å²) < 4.78 is 20.0. The van der Waals surface area contributed by atoms with E-state index in [9.17, 15) is 8.42 Å². The summed E-state index contributed by atoms with van der Waals surface area (Å²) in [7, 11) is 1.65. The van der Waals surface area contributed by atoms with E-state index in [1.54, 1.807) is 11.4 Å². The second kappa shape index (κ2) is 7.51. The number of aromatic nitrogens is 1. The Morgan fingerprint density at radius 2 is 1.62 bits per heavy atom. The van der Waals surface area contributed by atoms with Crippen LogP contribution < -0.4 is 0 Å². The van der Waals surface area contributed by atoms with Crippen LogP contribution in [0.15, 0.2) is 39.9 Å². The van der Waals surface area contributed by atoms with Gasteiger partial charge in [-0.1, -0.05) is 12.1 Å². The van der Waals surface area contributed by atoms with E-state index in [0.717, 1.165) is 32.1 Å². The van der Waals surface area contributed by atoms with Gasteiger partial charge in [-0.2, -0.15) is 0 Å². The molecule has 0 aliphatic carbocycles. The summed E-state index contributed by atoms with van der Waals surface area (Å²) >= 11 is 27.5. The van der Waals surface area contributed by atoms with E-state index in [1.165, 1.54) is 11.3 Å². The van der Waals surface area contributed by atoms with Crippen molar-refractivity contribution in [2.24, 2.45) is 0 Å². The number of thiophene rings is 1. The van der Waals surface area contributed by atoms with Crippen LogP contribution in [0.5, 0.6) is 0 Å². The fourth-order valence-electron chi connectivity index (χ4n) is 1.55. The quantitative estimate of drug-likeness (QED) is 0.251. The van der Waals surface area contributed by atoms with Gasteiger partial charge in [0.2, 0.25) is 0 Å². The van der Waals surface area contributed by atoms with Crippen molar-refractivity contribution in [3.63, 3.8) is 0 Å². The van der Waals surface area contributed by atoms with Gasteiger partial charge in [0, 0.05) is 21.6 Å². The molecule has 0 fully saturated rings. The Kier molecular flexibility index (Phi) is 6.64. The van der Waals surface area contributed by atoms with Crippen LogP contribution in [0.3, 0.4) is 0 Å². The first kappa shape index (κ1) is 21.2. The number of fused-ring (bicyclic) bond motifs is 1. The fraction of sp³-hybridized carbons (Fsp3) is 0. The Bertz CT molecular complexity index is 926. The van der Waals surface area contributed by atoms with Crippen LogP contribution in [0.25, 0.3) is 20.8 Å². The maximum Gasteiger partial charge on any atom is 0.270 e. The average Bonchev–Trinajstić information content (AvgIpc) is 3.01. The first-order valence-corrected chi connectivity index (χ1v) is 16.5. The van der Waals surface area contributed by atoms with Crippen LogP contribution >= 0.6 is 92.9 Å². The molecular weight excluding hydrogens is 518 g/mol. The molecule has 13 heteroatoms. The summed E-state index contributed by atoms with van der Waals surface area (Å²) in [5.41, 5.74) is 1.71. The van der Waals surface area contributed by atoms with Gasteiger partial charge in [-0.05, 0) is 18.2 Å². The van der Waals surface area contributed by atoms with Crippen molar-refractivity contribution in [2.45, 2.75) is 4.21 Å². The van der Waals surface area contributed by atoms with Crippen molar-refractivity contribution in [1.29, 1.82) is 0 Å². The number of para-hydroxylation sites is 1. The first-order chi connectivity index (χ1) is 10.8. The van der Waals surface area contributed by atoms with Crippen molar-refractivity contribution < 1.29 is 8.42 Å². The normalized spacial score (nSPS) is 13.8. The molecule has 0 amide bonds. The van der Waals surface area contributed by atoms with Crippen LogP contribution in [-0.2, 0) is 9.05 Å². The molecule has 0 N–H and O–H groups in total. The SMILES string of the molecule is ClP(Cl)(Cl)(Cl)Cl.O=S(=O)(Cl)c1cc(-c2nc3ccccc3s2)cs1. The Labute approximate surface area is 174 Å². The molecular formula is C11H6Cl6NO2PS3. The van der Waals surface area contributed by atoms with E-state index in [4.69, 9.17) is 66.9 Å². The topological polar surface area (TPSA) is 47.0 Å². The van der Waals surface area contributed by atoms with E-state index in [2.05, 4.69) is 4.98 Å². The van der Waals surface area contributed by atoms with E-state index >= 15 is 0 Å². The van der Waals surface area contributed by atoms with Gasteiger partial charge < -0.3 is 0 Å². The van der Waals surface area contributed by atoms with E-state index in [1.807, 2.05) is 24.3 Å². The first-order valence-electron chi connectivity index (χ1n) is 5.78. The van der Waals surface area contributed by atoms with Gasteiger partial charge in [-0.25, -0.2) is 13.4 Å². The molecule has 0 bridgehead atoms. The smallest absolute Gasteiger partial charge is 0.236 e. The summed E-state index contributed by atoms with van der Waals surface area (Å²) in [5, 5.41) is 2.56. The van der Waals surface area contributed by atoms with Gasteiger partial charge in [0.15, 0.2) is 0 Å². The number of thiazole rings is 1. The molecule has 0 aliphatic heterocycles.